The zero-order valence-corrected chi connectivity index (χ0v) is 13.6. The summed E-state index contributed by atoms with van der Waals surface area (Å²) >= 11 is 9.81. The van der Waals surface area contributed by atoms with E-state index in [-0.39, 0.29) is 11.7 Å². The van der Waals surface area contributed by atoms with E-state index >= 15 is 0 Å². The first-order valence-corrected chi connectivity index (χ1v) is 8.63. The van der Waals surface area contributed by atoms with Gasteiger partial charge in [0.05, 0.1) is 25.9 Å². The summed E-state index contributed by atoms with van der Waals surface area (Å²) in [5, 5.41) is 17.2. The van der Waals surface area contributed by atoms with Crippen molar-refractivity contribution in [1.82, 2.24) is 0 Å². The highest BCUT2D eigenvalue weighted by atomic mass is 35.5. The fourth-order valence-electron chi connectivity index (χ4n) is 2.41. The predicted octanol–water partition coefficient (Wildman–Crippen LogP) is 5.35. The van der Waals surface area contributed by atoms with E-state index in [1.54, 1.807) is 17.4 Å². The highest BCUT2D eigenvalue weighted by molar-refractivity contribution is 8.01. The van der Waals surface area contributed by atoms with Gasteiger partial charge in [-0.3, -0.25) is 10.1 Å². The molecule has 1 aromatic carbocycles. The number of rotatable bonds is 3. The van der Waals surface area contributed by atoms with Crippen LogP contribution in [0.4, 0.5) is 11.4 Å². The van der Waals surface area contributed by atoms with Crippen molar-refractivity contribution in [3.63, 3.8) is 0 Å². The van der Waals surface area contributed by atoms with Gasteiger partial charge in [-0.05, 0) is 29.5 Å². The Balaban J connectivity index is 1.86. The van der Waals surface area contributed by atoms with Crippen LogP contribution in [-0.4, -0.2) is 10.2 Å². The molecule has 0 spiro atoms. The van der Waals surface area contributed by atoms with Crippen molar-refractivity contribution in [2.75, 3.05) is 5.32 Å². The van der Waals surface area contributed by atoms with E-state index in [0.29, 0.717) is 10.3 Å². The summed E-state index contributed by atoms with van der Waals surface area (Å²) in [5.41, 5.74) is 2.04. The third-order valence-electron chi connectivity index (χ3n) is 3.40. The molecule has 1 unspecified atom stereocenters. The first-order chi connectivity index (χ1) is 10.0. The number of hydrogen-bond acceptors (Lipinski definition) is 5. The first kappa shape index (κ1) is 14.7. The molecule has 2 aromatic rings. The lowest BCUT2D eigenvalue weighted by Gasteiger charge is -2.28. The predicted molar refractivity (Wildman–Crippen MR) is 88.7 cm³/mol. The van der Waals surface area contributed by atoms with Gasteiger partial charge in [0, 0.05) is 17.4 Å². The maximum atomic E-state index is 10.8. The second kappa shape index (κ2) is 5.87. The average molecular weight is 341 g/mol. The molecule has 0 fully saturated rings. The summed E-state index contributed by atoms with van der Waals surface area (Å²) in [6.45, 7) is 2.21. The maximum absolute atomic E-state index is 10.8. The van der Waals surface area contributed by atoms with E-state index in [1.165, 1.54) is 21.9 Å². The molecule has 1 aliphatic rings. The molecule has 0 amide bonds. The highest BCUT2D eigenvalue weighted by Gasteiger charge is 2.26. The summed E-state index contributed by atoms with van der Waals surface area (Å²) < 4.78 is 1.34. The van der Waals surface area contributed by atoms with Crippen LogP contribution in [0.15, 0.2) is 33.9 Å². The van der Waals surface area contributed by atoms with Crippen LogP contribution in [0.2, 0.25) is 5.02 Å². The van der Waals surface area contributed by atoms with Crippen molar-refractivity contribution in [3.8, 4) is 0 Å². The number of thioether (sulfide) groups is 1. The Morgan fingerprint density at radius 3 is 2.95 bits per heavy atom. The monoisotopic (exact) mass is 340 g/mol. The fourth-order valence-corrected chi connectivity index (χ4v) is 5.20. The van der Waals surface area contributed by atoms with Crippen LogP contribution in [0.5, 0.6) is 0 Å². The van der Waals surface area contributed by atoms with E-state index in [4.69, 9.17) is 11.6 Å². The van der Waals surface area contributed by atoms with E-state index in [0.717, 1.165) is 12.1 Å². The minimum atomic E-state index is -0.439. The van der Waals surface area contributed by atoms with Crippen molar-refractivity contribution in [3.05, 3.63) is 50.3 Å². The fraction of sp³-hybridized carbons (Fsp3) is 0.286. The number of nitro groups is 1. The Morgan fingerprint density at radius 1 is 1.43 bits per heavy atom. The molecule has 110 valence electrons. The standard InChI is InChI=1S/C14H13ClN2O2S2/c1-8-6-13(10-4-5-20-14(10)21-8)16-12-3-2-9(17(18)19)7-11(12)15/h2-5,7-8,13,16H,6H2,1H3/t8-,13?/m0/s1. The quantitative estimate of drug-likeness (QED) is 0.604. The van der Waals surface area contributed by atoms with Gasteiger partial charge in [0.1, 0.15) is 0 Å². The van der Waals surface area contributed by atoms with E-state index in [9.17, 15) is 10.1 Å². The van der Waals surface area contributed by atoms with Crippen molar-refractivity contribution in [2.45, 2.75) is 28.8 Å². The topological polar surface area (TPSA) is 55.2 Å². The van der Waals surface area contributed by atoms with Crippen LogP contribution in [-0.2, 0) is 0 Å². The van der Waals surface area contributed by atoms with Gasteiger partial charge in [-0.2, -0.15) is 0 Å². The van der Waals surface area contributed by atoms with Gasteiger partial charge >= 0.3 is 0 Å². The summed E-state index contributed by atoms with van der Waals surface area (Å²) in [6, 6.07) is 6.87. The summed E-state index contributed by atoms with van der Waals surface area (Å²) in [6.07, 6.45) is 1.00. The average Bonchev–Trinajstić information content (AvgIpc) is 2.88. The number of benzene rings is 1. The number of non-ortho nitro benzene ring substituents is 1. The molecule has 1 aromatic heterocycles. The molecule has 1 N–H and O–H groups in total. The molecule has 21 heavy (non-hydrogen) atoms. The SMILES string of the molecule is C[C@H]1CC(Nc2ccc([N+](=O)[O-])cc2Cl)c2ccsc2S1. The molecule has 4 nitrogen and oxygen atoms in total. The number of nitro benzene ring substituents is 1. The Kier molecular flexibility index (Phi) is 4.10. The lowest BCUT2D eigenvalue weighted by molar-refractivity contribution is -0.384. The smallest absolute Gasteiger partial charge is 0.271 e. The molecule has 0 bridgehead atoms. The van der Waals surface area contributed by atoms with Crippen LogP contribution in [0.1, 0.15) is 24.9 Å². The van der Waals surface area contributed by atoms with Gasteiger partial charge in [-0.25, -0.2) is 0 Å². The lowest BCUT2D eigenvalue weighted by Crippen LogP contribution is -2.19. The zero-order chi connectivity index (χ0) is 15.0. The molecule has 2 heterocycles. The summed E-state index contributed by atoms with van der Waals surface area (Å²) in [5.74, 6) is 0. The third kappa shape index (κ3) is 3.02. The Morgan fingerprint density at radius 2 is 2.24 bits per heavy atom. The van der Waals surface area contributed by atoms with Crippen LogP contribution in [0, 0.1) is 10.1 Å². The van der Waals surface area contributed by atoms with Crippen molar-refractivity contribution in [2.24, 2.45) is 0 Å². The zero-order valence-electron chi connectivity index (χ0n) is 11.2. The second-order valence-corrected chi connectivity index (χ2v) is 7.98. The number of nitrogens with zero attached hydrogens (tertiary/aromatic N) is 1. The summed E-state index contributed by atoms with van der Waals surface area (Å²) in [4.78, 5) is 10.3. The third-order valence-corrected chi connectivity index (χ3v) is 6.06. The molecule has 0 saturated heterocycles. The Hall–Kier alpha value is -1.24. The Bertz CT molecular complexity index is 689. The second-order valence-electron chi connectivity index (χ2n) is 4.95. The van der Waals surface area contributed by atoms with Gasteiger partial charge in [-0.15, -0.1) is 23.1 Å². The minimum absolute atomic E-state index is 0.00865. The molecule has 2 atom stereocenters. The summed E-state index contributed by atoms with van der Waals surface area (Å²) in [7, 11) is 0. The number of hydrogen-bond donors (Lipinski definition) is 1. The van der Waals surface area contributed by atoms with Crippen molar-refractivity contribution < 1.29 is 4.92 Å². The molecule has 0 radical (unpaired) electrons. The number of anilines is 1. The van der Waals surface area contributed by atoms with Gasteiger partial charge < -0.3 is 5.32 Å². The van der Waals surface area contributed by atoms with E-state index in [1.807, 2.05) is 11.8 Å². The molecule has 1 aliphatic heterocycles. The van der Waals surface area contributed by atoms with E-state index in [2.05, 4.69) is 23.7 Å². The molecule has 0 saturated carbocycles. The molecular weight excluding hydrogens is 328 g/mol. The number of nitrogens with one attached hydrogen (secondary N) is 1. The van der Waals surface area contributed by atoms with Crippen LogP contribution in [0.25, 0.3) is 0 Å². The number of fused-ring (bicyclic) bond motifs is 1. The van der Waals surface area contributed by atoms with Crippen LogP contribution < -0.4 is 5.32 Å². The normalized spacial score (nSPS) is 20.9. The van der Waals surface area contributed by atoms with Gasteiger partial charge in [-0.1, -0.05) is 18.5 Å². The number of thiophene rings is 1. The Labute approximate surface area is 135 Å². The van der Waals surface area contributed by atoms with Crippen LogP contribution in [0.3, 0.4) is 0 Å². The molecule has 0 aliphatic carbocycles. The molecule has 3 rings (SSSR count). The van der Waals surface area contributed by atoms with Gasteiger partial charge in [0.15, 0.2) is 0 Å². The first-order valence-electron chi connectivity index (χ1n) is 6.49. The minimum Gasteiger partial charge on any atom is -0.377 e. The largest absolute Gasteiger partial charge is 0.377 e. The molecule has 7 heteroatoms. The van der Waals surface area contributed by atoms with Crippen molar-refractivity contribution in [1.29, 1.82) is 0 Å². The lowest BCUT2D eigenvalue weighted by atomic mass is 10.0. The van der Waals surface area contributed by atoms with E-state index < -0.39 is 4.92 Å². The highest BCUT2D eigenvalue weighted by Crippen LogP contribution is 2.45. The maximum Gasteiger partial charge on any atom is 0.271 e. The van der Waals surface area contributed by atoms with Gasteiger partial charge in [0.2, 0.25) is 0 Å². The van der Waals surface area contributed by atoms with Gasteiger partial charge in [0.25, 0.3) is 5.69 Å². The van der Waals surface area contributed by atoms with Crippen molar-refractivity contribution >= 4 is 46.1 Å². The molecular formula is C14H13ClN2O2S2. The van der Waals surface area contributed by atoms with Crippen LogP contribution >= 0.6 is 34.7 Å². The number of halogens is 1.